The van der Waals surface area contributed by atoms with E-state index in [1.165, 1.54) is 103 Å². The number of rotatable bonds is 16. The van der Waals surface area contributed by atoms with Gasteiger partial charge in [-0.25, -0.2) is 0 Å². The number of hydrogen-bond acceptors (Lipinski definition) is 0. The molecule has 0 rings (SSSR count). The molecule has 0 heteroatoms. The van der Waals surface area contributed by atoms with Gasteiger partial charge in [0.15, 0.2) is 0 Å². The largest absolute Gasteiger partial charge is 0.0885 e. The Hall–Kier alpha value is -0.260. The molecule has 0 aromatic heterocycles. The van der Waals surface area contributed by atoms with E-state index in [9.17, 15) is 0 Å². The summed E-state index contributed by atoms with van der Waals surface area (Å²) in [6.45, 7) is 9.35. The molecule has 0 saturated heterocycles. The van der Waals surface area contributed by atoms with Crippen LogP contribution in [0.2, 0.25) is 0 Å². The average Bonchev–Trinajstić information content (AvgIpc) is 2.49. The lowest BCUT2D eigenvalue weighted by Crippen LogP contribution is -2.03. The lowest BCUT2D eigenvalue weighted by atomic mass is 9.89. The van der Waals surface area contributed by atoms with Crippen LogP contribution in [0.4, 0.5) is 0 Å². The van der Waals surface area contributed by atoms with Crippen molar-refractivity contribution in [2.75, 3.05) is 0 Å². The molecule has 0 amide bonds. The van der Waals surface area contributed by atoms with Gasteiger partial charge in [-0.05, 0) is 37.5 Å². The molecule has 0 heterocycles. The molecule has 0 saturated carbocycles. The maximum Gasteiger partial charge on any atom is -0.0351 e. The van der Waals surface area contributed by atoms with Crippen molar-refractivity contribution in [3.63, 3.8) is 0 Å². The first-order chi connectivity index (χ1) is 11.1. The molecule has 23 heavy (non-hydrogen) atoms. The summed E-state index contributed by atoms with van der Waals surface area (Å²) < 4.78 is 0. The molecule has 0 aliphatic rings. The van der Waals surface area contributed by atoms with E-state index in [1.54, 1.807) is 0 Å². The van der Waals surface area contributed by atoms with E-state index in [2.05, 4.69) is 39.8 Å². The summed E-state index contributed by atoms with van der Waals surface area (Å²) in [5.41, 5.74) is 0.526. The van der Waals surface area contributed by atoms with E-state index in [0.29, 0.717) is 5.41 Å². The van der Waals surface area contributed by atoms with Crippen LogP contribution in [0.1, 0.15) is 130 Å². The van der Waals surface area contributed by atoms with Crippen LogP contribution in [0.5, 0.6) is 0 Å². The van der Waals surface area contributed by atoms with Gasteiger partial charge in [0, 0.05) is 0 Å². The fourth-order valence-electron chi connectivity index (χ4n) is 3.08. The fourth-order valence-corrected chi connectivity index (χ4v) is 3.08. The minimum atomic E-state index is 0.526. The number of hydrogen-bond donors (Lipinski definition) is 0. The molecule has 0 spiro atoms. The van der Waals surface area contributed by atoms with Crippen LogP contribution in [0, 0.1) is 5.41 Å². The van der Waals surface area contributed by atoms with Crippen LogP contribution >= 0.6 is 0 Å². The summed E-state index contributed by atoms with van der Waals surface area (Å²) in [6.07, 6.45) is 27.4. The highest BCUT2D eigenvalue weighted by molar-refractivity contribution is 4.81. The maximum absolute atomic E-state index is 2.43. The predicted molar refractivity (Wildman–Crippen MR) is 108 cm³/mol. The second-order valence-electron chi connectivity index (χ2n) is 8.60. The standard InChI is InChI=1S/C23H46/c1-5-6-7-8-9-10-11-12-13-14-15-16-17-18-19-20-21-22-23(2,3)4/h14-15H,5-13,16-22H2,1-4H3. The van der Waals surface area contributed by atoms with Crippen molar-refractivity contribution in [1.29, 1.82) is 0 Å². The molecule has 0 nitrogen and oxygen atoms in total. The van der Waals surface area contributed by atoms with Gasteiger partial charge in [-0.1, -0.05) is 110 Å². The lowest BCUT2D eigenvalue weighted by molar-refractivity contribution is 0.356. The van der Waals surface area contributed by atoms with Crippen LogP contribution in [0.25, 0.3) is 0 Å². The molecule has 0 fully saturated rings. The van der Waals surface area contributed by atoms with Crippen molar-refractivity contribution in [2.24, 2.45) is 5.41 Å². The van der Waals surface area contributed by atoms with Gasteiger partial charge in [0.25, 0.3) is 0 Å². The zero-order valence-corrected chi connectivity index (χ0v) is 17.0. The van der Waals surface area contributed by atoms with Crippen LogP contribution in [0.15, 0.2) is 12.2 Å². The third kappa shape index (κ3) is 21.7. The molecule has 0 aliphatic heterocycles. The monoisotopic (exact) mass is 322 g/mol. The van der Waals surface area contributed by atoms with Crippen molar-refractivity contribution < 1.29 is 0 Å². The predicted octanol–water partition coefficient (Wildman–Crippen LogP) is 8.85. The van der Waals surface area contributed by atoms with E-state index in [-0.39, 0.29) is 0 Å². The van der Waals surface area contributed by atoms with Crippen molar-refractivity contribution in [1.82, 2.24) is 0 Å². The molecule has 0 unspecified atom stereocenters. The molecule has 0 aliphatic carbocycles. The molecule has 0 bridgehead atoms. The first kappa shape index (κ1) is 22.7. The van der Waals surface area contributed by atoms with Crippen LogP contribution < -0.4 is 0 Å². The fraction of sp³-hybridized carbons (Fsp3) is 0.913. The Kier molecular flexibility index (Phi) is 16.4. The van der Waals surface area contributed by atoms with Crippen molar-refractivity contribution in [3.8, 4) is 0 Å². The van der Waals surface area contributed by atoms with Crippen LogP contribution in [-0.4, -0.2) is 0 Å². The second-order valence-corrected chi connectivity index (χ2v) is 8.60. The molecule has 0 radical (unpaired) electrons. The van der Waals surface area contributed by atoms with Crippen molar-refractivity contribution >= 4 is 0 Å². The lowest BCUT2D eigenvalue weighted by Gasteiger charge is -2.17. The molecule has 0 atom stereocenters. The Labute approximate surface area is 148 Å². The van der Waals surface area contributed by atoms with E-state index < -0.39 is 0 Å². The summed E-state index contributed by atoms with van der Waals surface area (Å²) in [7, 11) is 0. The first-order valence-corrected chi connectivity index (χ1v) is 10.7. The summed E-state index contributed by atoms with van der Waals surface area (Å²) in [6, 6.07) is 0. The Balaban J connectivity index is 3.12. The second kappa shape index (κ2) is 16.6. The van der Waals surface area contributed by atoms with Gasteiger partial charge in [-0.3, -0.25) is 0 Å². The molecular formula is C23H46. The Morgan fingerprint density at radius 1 is 0.522 bits per heavy atom. The van der Waals surface area contributed by atoms with E-state index in [4.69, 9.17) is 0 Å². The van der Waals surface area contributed by atoms with Gasteiger partial charge in [0.2, 0.25) is 0 Å². The quantitative estimate of drug-likeness (QED) is 0.196. The average molecular weight is 323 g/mol. The molecule has 0 aromatic rings. The van der Waals surface area contributed by atoms with E-state index >= 15 is 0 Å². The molecule has 138 valence electrons. The minimum Gasteiger partial charge on any atom is -0.0885 e. The highest BCUT2D eigenvalue weighted by Crippen LogP contribution is 2.22. The van der Waals surface area contributed by atoms with Gasteiger partial charge < -0.3 is 0 Å². The van der Waals surface area contributed by atoms with E-state index in [1.807, 2.05) is 0 Å². The summed E-state index contributed by atoms with van der Waals surface area (Å²) in [4.78, 5) is 0. The molecule has 0 aromatic carbocycles. The Morgan fingerprint density at radius 3 is 1.35 bits per heavy atom. The molecular weight excluding hydrogens is 276 g/mol. The minimum absolute atomic E-state index is 0.526. The number of unbranched alkanes of at least 4 members (excludes halogenated alkanes) is 13. The van der Waals surface area contributed by atoms with Gasteiger partial charge in [0.05, 0.1) is 0 Å². The third-order valence-corrected chi connectivity index (χ3v) is 4.69. The van der Waals surface area contributed by atoms with Gasteiger partial charge in [0.1, 0.15) is 0 Å². The highest BCUT2D eigenvalue weighted by Gasteiger charge is 2.08. The van der Waals surface area contributed by atoms with Crippen LogP contribution in [-0.2, 0) is 0 Å². The first-order valence-electron chi connectivity index (χ1n) is 10.7. The third-order valence-electron chi connectivity index (χ3n) is 4.69. The van der Waals surface area contributed by atoms with Crippen molar-refractivity contribution in [2.45, 2.75) is 130 Å². The van der Waals surface area contributed by atoms with Gasteiger partial charge in [-0.2, -0.15) is 0 Å². The number of allylic oxidation sites excluding steroid dienone is 2. The Morgan fingerprint density at radius 2 is 0.913 bits per heavy atom. The normalized spacial score (nSPS) is 12.3. The zero-order valence-electron chi connectivity index (χ0n) is 17.0. The smallest absolute Gasteiger partial charge is 0.0351 e. The SMILES string of the molecule is CCCCCCCCCCC=CCCCCCCCC(C)(C)C. The van der Waals surface area contributed by atoms with Gasteiger partial charge in [-0.15, -0.1) is 0 Å². The summed E-state index contributed by atoms with van der Waals surface area (Å²) in [5.74, 6) is 0. The van der Waals surface area contributed by atoms with Gasteiger partial charge >= 0.3 is 0 Å². The highest BCUT2D eigenvalue weighted by atomic mass is 14.1. The topological polar surface area (TPSA) is 0 Å². The maximum atomic E-state index is 2.43. The molecule has 0 N–H and O–H groups in total. The summed E-state index contributed by atoms with van der Waals surface area (Å²) in [5, 5.41) is 0. The summed E-state index contributed by atoms with van der Waals surface area (Å²) >= 11 is 0. The van der Waals surface area contributed by atoms with Crippen molar-refractivity contribution in [3.05, 3.63) is 12.2 Å². The van der Waals surface area contributed by atoms with E-state index in [0.717, 1.165) is 0 Å². The zero-order chi connectivity index (χ0) is 17.2. The van der Waals surface area contributed by atoms with Crippen LogP contribution in [0.3, 0.4) is 0 Å². The Bertz CT molecular complexity index is 243.